The molecule has 0 spiro atoms. The highest BCUT2D eigenvalue weighted by atomic mass is 16.5. The standard InChI is InChI=1S/C28H29N3O4/c1-17-13-18(2)15-21(14-17)35-16-26(32)29-20(4)27(33)30-31-25-12-8-7-11-24(25)23-10-6-5-9-22(23)19(3)28(31)34/h5-15,19-20H,16H2,1-4H3,(H,29,32)(H,30,33)/t19?,20-/m0/s1. The number of amides is 3. The lowest BCUT2D eigenvalue weighted by Crippen LogP contribution is -2.54. The molecule has 7 nitrogen and oxygen atoms in total. The van der Waals surface area contributed by atoms with Crippen molar-refractivity contribution >= 4 is 23.4 Å². The highest BCUT2D eigenvalue weighted by Gasteiger charge is 2.33. The van der Waals surface area contributed by atoms with Gasteiger partial charge in [-0.3, -0.25) is 19.8 Å². The van der Waals surface area contributed by atoms with Gasteiger partial charge in [-0.1, -0.05) is 48.5 Å². The van der Waals surface area contributed by atoms with Gasteiger partial charge in [0.25, 0.3) is 17.7 Å². The minimum absolute atomic E-state index is 0.224. The van der Waals surface area contributed by atoms with Crippen molar-refractivity contribution in [3.63, 3.8) is 0 Å². The number of benzene rings is 3. The van der Waals surface area contributed by atoms with Crippen molar-refractivity contribution in [3.8, 4) is 16.9 Å². The Morgan fingerprint density at radius 1 is 0.971 bits per heavy atom. The summed E-state index contributed by atoms with van der Waals surface area (Å²) in [7, 11) is 0. The van der Waals surface area contributed by atoms with Gasteiger partial charge in [0.1, 0.15) is 11.8 Å². The van der Waals surface area contributed by atoms with Crippen LogP contribution in [0.4, 0.5) is 5.69 Å². The molecule has 0 bridgehead atoms. The molecule has 0 fully saturated rings. The van der Waals surface area contributed by atoms with Gasteiger partial charge in [0, 0.05) is 5.56 Å². The first-order valence-corrected chi connectivity index (χ1v) is 11.6. The molecule has 0 saturated heterocycles. The van der Waals surface area contributed by atoms with E-state index in [0.29, 0.717) is 11.4 Å². The van der Waals surface area contributed by atoms with Crippen LogP contribution in [0.25, 0.3) is 11.1 Å². The molecule has 0 saturated carbocycles. The zero-order valence-electron chi connectivity index (χ0n) is 20.3. The lowest BCUT2D eigenvalue weighted by Gasteiger charge is -2.27. The Balaban J connectivity index is 1.46. The first kappa shape index (κ1) is 24.0. The molecule has 7 heteroatoms. The van der Waals surface area contributed by atoms with Crippen LogP contribution in [0.2, 0.25) is 0 Å². The summed E-state index contributed by atoms with van der Waals surface area (Å²) in [5.74, 6) is -1.07. The molecule has 3 amide bonds. The topological polar surface area (TPSA) is 87.7 Å². The predicted octanol–water partition coefficient (Wildman–Crippen LogP) is 4.04. The summed E-state index contributed by atoms with van der Waals surface area (Å²) in [5, 5.41) is 3.93. The molecule has 0 aromatic heterocycles. The Bertz CT molecular complexity index is 1270. The van der Waals surface area contributed by atoms with E-state index in [-0.39, 0.29) is 12.5 Å². The average Bonchev–Trinajstić information content (AvgIpc) is 2.92. The number of hydrazine groups is 1. The Hall–Kier alpha value is -4.13. The summed E-state index contributed by atoms with van der Waals surface area (Å²) in [5.41, 5.74) is 8.06. The minimum atomic E-state index is -0.883. The maximum absolute atomic E-state index is 13.4. The van der Waals surface area contributed by atoms with E-state index < -0.39 is 23.8 Å². The molecule has 180 valence electrons. The van der Waals surface area contributed by atoms with E-state index >= 15 is 0 Å². The van der Waals surface area contributed by atoms with Crippen LogP contribution in [0, 0.1) is 13.8 Å². The van der Waals surface area contributed by atoms with Gasteiger partial charge in [-0.05, 0) is 68.1 Å². The quantitative estimate of drug-likeness (QED) is 0.568. The molecule has 3 aromatic rings. The zero-order valence-corrected chi connectivity index (χ0v) is 20.3. The molecule has 1 unspecified atom stereocenters. The van der Waals surface area contributed by atoms with E-state index in [4.69, 9.17) is 4.74 Å². The summed E-state index contributed by atoms with van der Waals surface area (Å²) in [4.78, 5) is 38.8. The summed E-state index contributed by atoms with van der Waals surface area (Å²) in [6.45, 7) is 7.07. The molecular formula is C28H29N3O4. The number of nitrogens with one attached hydrogen (secondary N) is 2. The fourth-order valence-electron chi connectivity index (χ4n) is 4.30. The second-order valence-corrected chi connectivity index (χ2v) is 8.88. The second-order valence-electron chi connectivity index (χ2n) is 8.88. The van der Waals surface area contributed by atoms with Crippen molar-refractivity contribution < 1.29 is 19.1 Å². The highest BCUT2D eigenvalue weighted by molar-refractivity contribution is 6.06. The van der Waals surface area contributed by atoms with E-state index in [2.05, 4.69) is 10.7 Å². The van der Waals surface area contributed by atoms with Crippen molar-refractivity contribution in [3.05, 3.63) is 83.4 Å². The average molecular weight is 472 g/mol. The third kappa shape index (κ3) is 5.19. The minimum Gasteiger partial charge on any atom is -0.484 e. The van der Waals surface area contributed by atoms with Crippen molar-refractivity contribution in [1.29, 1.82) is 0 Å². The number of fused-ring (bicyclic) bond motifs is 3. The third-order valence-corrected chi connectivity index (χ3v) is 6.01. The largest absolute Gasteiger partial charge is 0.484 e. The molecule has 2 N–H and O–H groups in total. The van der Waals surface area contributed by atoms with Gasteiger partial charge >= 0.3 is 0 Å². The Morgan fingerprint density at radius 2 is 1.60 bits per heavy atom. The van der Waals surface area contributed by atoms with Gasteiger partial charge in [0.2, 0.25) is 0 Å². The van der Waals surface area contributed by atoms with Crippen LogP contribution in [-0.4, -0.2) is 30.4 Å². The number of aryl methyl sites for hydroxylation is 2. The third-order valence-electron chi connectivity index (χ3n) is 6.01. The monoisotopic (exact) mass is 471 g/mol. The van der Waals surface area contributed by atoms with E-state index in [1.165, 1.54) is 5.01 Å². The van der Waals surface area contributed by atoms with Crippen LogP contribution in [0.1, 0.15) is 36.5 Å². The smallest absolute Gasteiger partial charge is 0.261 e. The Labute approximate surface area is 205 Å². The summed E-state index contributed by atoms with van der Waals surface area (Å²) < 4.78 is 5.58. The van der Waals surface area contributed by atoms with E-state index in [0.717, 1.165) is 27.8 Å². The number of carbonyl (C=O) groups excluding carboxylic acids is 3. The molecule has 0 aliphatic carbocycles. The van der Waals surface area contributed by atoms with Crippen LogP contribution in [-0.2, 0) is 14.4 Å². The second kappa shape index (κ2) is 10.0. The summed E-state index contributed by atoms with van der Waals surface area (Å²) in [6, 6.07) is 20.0. The molecular weight excluding hydrogens is 442 g/mol. The molecule has 2 atom stereocenters. The van der Waals surface area contributed by atoms with Gasteiger partial charge in [0.15, 0.2) is 6.61 Å². The number of hydrogen-bond acceptors (Lipinski definition) is 4. The van der Waals surface area contributed by atoms with Gasteiger partial charge in [-0.2, -0.15) is 0 Å². The SMILES string of the molecule is Cc1cc(C)cc(OCC(=O)N[C@@H](C)C(=O)NN2C(=O)C(C)c3ccccc3-c3ccccc32)c1. The van der Waals surface area contributed by atoms with Crippen LogP contribution < -0.4 is 20.5 Å². The molecule has 3 aromatic carbocycles. The molecule has 4 rings (SSSR count). The van der Waals surface area contributed by atoms with E-state index in [1.54, 1.807) is 13.0 Å². The van der Waals surface area contributed by atoms with Crippen LogP contribution >= 0.6 is 0 Å². The number of para-hydroxylation sites is 1. The van der Waals surface area contributed by atoms with Crippen molar-refractivity contribution in [2.75, 3.05) is 11.6 Å². The van der Waals surface area contributed by atoms with Crippen molar-refractivity contribution in [2.45, 2.75) is 39.7 Å². The lowest BCUT2D eigenvalue weighted by atomic mass is 9.92. The maximum Gasteiger partial charge on any atom is 0.261 e. The van der Waals surface area contributed by atoms with Crippen molar-refractivity contribution in [1.82, 2.24) is 10.7 Å². The Morgan fingerprint density at radius 3 is 2.31 bits per heavy atom. The zero-order chi connectivity index (χ0) is 25.1. The number of carbonyl (C=O) groups is 3. The first-order valence-electron chi connectivity index (χ1n) is 11.6. The Kier molecular flexibility index (Phi) is 6.87. The van der Waals surface area contributed by atoms with Crippen molar-refractivity contribution in [2.24, 2.45) is 0 Å². The molecule has 1 heterocycles. The van der Waals surface area contributed by atoms with Gasteiger partial charge in [0.05, 0.1) is 11.6 Å². The summed E-state index contributed by atoms with van der Waals surface area (Å²) >= 11 is 0. The predicted molar refractivity (Wildman–Crippen MR) is 135 cm³/mol. The molecule has 1 aliphatic heterocycles. The fraction of sp³-hybridized carbons (Fsp3) is 0.250. The first-order chi connectivity index (χ1) is 16.7. The lowest BCUT2D eigenvalue weighted by molar-refractivity contribution is -0.131. The van der Waals surface area contributed by atoms with Gasteiger partial charge in [-0.25, -0.2) is 5.01 Å². The number of ether oxygens (including phenoxy) is 1. The number of anilines is 1. The number of nitrogens with zero attached hydrogens (tertiary/aromatic N) is 1. The normalized spacial score (nSPS) is 15.4. The van der Waals surface area contributed by atoms with Crippen LogP contribution in [0.5, 0.6) is 5.75 Å². The highest BCUT2D eigenvalue weighted by Crippen LogP contribution is 2.39. The summed E-state index contributed by atoms with van der Waals surface area (Å²) in [6.07, 6.45) is 0. The van der Waals surface area contributed by atoms with E-state index in [9.17, 15) is 14.4 Å². The molecule has 35 heavy (non-hydrogen) atoms. The number of rotatable bonds is 6. The molecule has 1 aliphatic rings. The van der Waals surface area contributed by atoms with Gasteiger partial charge in [-0.15, -0.1) is 0 Å². The maximum atomic E-state index is 13.4. The number of hydrogen-bond donors (Lipinski definition) is 2. The van der Waals surface area contributed by atoms with Crippen LogP contribution in [0.15, 0.2) is 66.7 Å². The van der Waals surface area contributed by atoms with E-state index in [1.807, 2.05) is 81.4 Å². The van der Waals surface area contributed by atoms with Crippen LogP contribution in [0.3, 0.4) is 0 Å². The van der Waals surface area contributed by atoms with Gasteiger partial charge < -0.3 is 10.1 Å². The fourth-order valence-corrected chi connectivity index (χ4v) is 4.30. The molecule has 0 radical (unpaired) electrons.